The molecule has 1 aromatic rings. The zero-order valence-electron chi connectivity index (χ0n) is 9.39. The van der Waals surface area contributed by atoms with Crippen LogP contribution in [0.1, 0.15) is 5.56 Å². The van der Waals surface area contributed by atoms with Crippen LogP contribution >= 0.6 is 0 Å². The Morgan fingerprint density at radius 2 is 1.88 bits per heavy atom. The molecule has 0 aromatic heterocycles. The number of aliphatic imine (C=N–C) groups is 1. The summed E-state index contributed by atoms with van der Waals surface area (Å²) in [5.74, 6) is 1.23. The molecule has 0 N–H and O–H groups in total. The Morgan fingerprint density at radius 1 is 1.19 bits per heavy atom. The second-order valence-electron chi connectivity index (χ2n) is 3.17. The summed E-state index contributed by atoms with van der Waals surface area (Å²) in [6.07, 6.45) is 6.49. The van der Waals surface area contributed by atoms with Crippen molar-refractivity contribution in [1.29, 1.82) is 0 Å². The standard InChI is InChI=1S/C14H15NO/c1-4-6-14(15-11-5-2)16-13-9-7-12(3)8-10-13/h4-11H,1-2H2,3H3/b14-6+,15-11?. The summed E-state index contributed by atoms with van der Waals surface area (Å²) >= 11 is 0. The topological polar surface area (TPSA) is 21.6 Å². The van der Waals surface area contributed by atoms with Crippen LogP contribution in [0, 0.1) is 6.92 Å². The molecule has 1 aromatic carbocycles. The first-order valence-corrected chi connectivity index (χ1v) is 4.98. The van der Waals surface area contributed by atoms with Crippen molar-refractivity contribution in [2.24, 2.45) is 4.99 Å². The van der Waals surface area contributed by atoms with Gasteiger partial charge in [0.05, 0.1) is 0 Å². The Balaban J connectivity index is 2.79. The van der Waals surface area contributed by atoms with E-state index in [-0.39, 0.29) is 0 Å². The van der Waals surface area contributed by atoms with E-state index in [0.29, 0.717) is 5.88 Å². The Kier molecular flexibility index (Phi) is 4.80. The molecule has 0 aliphatic carbocycles. The summed E-state index contributed by atoms with van der Waals surface area (Å²) in [6.45, 7) is 9.19. The van der Waals surface area contributed by atoms with Crippen molar-refractivity contribution >= 4 is 6.21 Å². The summed E-state index contributed by atoms with van der Waals surface area (Å²) in [4.78, 5) is 4.07. The molecule has 16 heavy (non-hydrogen) atoms. The molecule has 0 heterocycles. The van der Waals surface area contributed by atoms with Crippen molar-refractivity contribution in [1.82, 2.24) is 0 Å². The number of rotatable bonds is 5. The van der Waals surface area contributed by atoms with Crippen molar-refractivity contribution in [2.45, 2.75) is 6.92 Å². The van der Waals surface area contributed by atoms with Gasteiger partial charge in [0.2, 0.25) is 5.88 Å². The van der Waals surface area contributed by atoms with Gasteiger partial charge in [0, 0.05) is 12.3 Å². The Bertz CT molecular complexity index is 413. The van der Waals surface area contributed by atoms with E-state index >= 15 is 0 Å². The maximum Gasteiger partial charge on any atom is 0.219 e. The normalized spacial score (nSPS) is 11.4. The lowest BCUT2D eigenvalue weighted by Crippen LogP contribution is -1.92. The molecule has 0 unspecified atom stereocenters. The van der Waals surface area contributed by atoms with E-state index in [0.717, 1.165) is 5.75 Å². The second-order valence-corrected chi connectivity index (χ2v) is 3.17. The number of allylic oxidation sites excluding steroid dienone is 3. The first-order valence-electron chi connectivity index (χ1n) is 4.98. The van der Waals surface area contributed by atoms with Gasteiger partial charge in [-0.15, -0.1) is 0 Å². The fourth-order valence-corrected chi connectivity index (χ4v) is 1.06. The van der Waals surface area contributed by atoms with E-state index in [1.165, 1.54) is 5.56 Å². The maximum atomic E-state index is 5.56. The number of benzene rings is 1. The summed E-state index contributed by atoms with van der Waals surface area (Å²) in [7, 11) is 0. The lowest BCUT2D eigenvalue weighted by molar-refractivity contribution is 0.421. The van der Waals surface area contributed by atoms with E-state index < -0.39 is 0 Å². The van der Waals surface area contributed by atoms with Gasteiger partial charge in [-0.1, -0.05) is 43.0 Å². The zero-order chi connectivity index (χ0) is 11.8. The van der Waals surface area contributed by atoms with Gasteiger partial charge in [0.15, 0.2) is 0 Å². The SMILES string of the molecule is C=CC=N/C(=C\C=C)Oc1ccc(C)cc1. The number of aryl methyl sites for hydroxylation is 1. The van der Waals surface area contributed by atoms with Crippen LogP contribution in [-0.2, 0) is 0 Å². The number of ether oxygens (including phenoxy) is 1. The highest BCUT2D eigenvalue weighted by molar-refractivity contribution is 5.71. The lowest BCUT2D eigenvalue weighted by atomic mass is 10.2. The third-order valence-electron chi connectivity index (χ3n) is 1.81. The molecule has 0 saturated heterocycles. The van der Waals surface area contributed by atoms with Crippen LogP contribution in [0.5, 0.6) is 5.75 Å². The lowest BCUT2D eigenvalue weighted by Gasteiger charge is -2.04. The average molecular weight is 213 g/mol. The molecule has 2 nitrogen and oxygen atoms in total. The maximum absolute atomic E-state index is 5.56. The van der Waals surface area contributed by atoms with Gasteiger partial charge in [-0.3, -0.25) is 0 Å². The summed E-state index contributed by atoms with van der Waals surface area (Å²) in [5.41, 5.74) is 1.19. The van der Waals surface area contributed by atoms with Gasteiger partial charge in [-0.25, -0.2) is 4.99 Å². The largest absolute Gasteiger partial charge is 0.439 e. The summed E-state index contributed by atoms with van der Waals surface area (Å²) in [5, 5.41) is 0. The highest BCUT2D eigenvalue weighted by atomic mass is 16.5. The van der Waals surface area contributed by atoms with Gasteiger partial charge in [-0.05, 0) is 19.1 Å². The molecule has 2 heteroatoms. The van der Waals surface area contributed by atoms with Gasteiger partial charge in [0.25, 0.3) is 0 Å². The van der Waals surface area contributed by atoms with Gasteiger partial charge in [0.1, 0.15) is 5.75 Å². The van der Waals surface area contributed by atoms with Crippen molar-refractivity contribution in [3.8, 4) is 5.75 Å². The monoisotopic (exact) mass is 213 g/mol. The fourth-order valence-electron chi connectivity index (χ4n) is 1.06. The summed E-state index contributed by atoms with van der Waals surface area (Å²) in [6, 6.07) is 7.77. The highest BCUT2D eigenvalue weighted by Crippen LogP contribution is 2.15. The second kappa shape index (κ2) is 6.40. The first kappa shape index (κ1) is 12.0. The Hall–Kier alpha value is -2.09. The average Bonchev–Trinajstić information content (AvgIpc) is 2.29. The van der Waals surface area contributed by atoms with Crippen molar-refractivity contribution in [3.05, 3.63) is 67.1 Å². The van der Waals surface area contributed by atoms with Crippen molar-refractivity contribution in [3.63, 3.8) is 0 Å². The van der Waals surface area contributed by atoms with Crippen LogP contribution in [0.2, 0.25) is 0 Å². The molecule has 82 valence electrons. The van der Waals surface area contributed by atoms with Crippen LogP contribution in [0.3, 0.4) is 0 Å². The van der Waals surface area contributed by atoms with Crippen LogP contribution < -0.4 is 4.74 Å². The molecule has 0 saturated carbocycles. The summed E-state index contributed by atoms with van der Waals surface area (Å²) < 4.78 is 5.56. The van der Waals surface area contributed by atoms with Gasteiger partial charge < -0.3 is 4.74 Å². The molecule has 0 atom stereocenters. The highest BCUT2D eigenvalue weighted by Gasteiger charge is 1.96. The zero-order valence-corrected chi connectivity index (χ0v) is 9.39. The van der Waals surface area contributed by atoms with Crippen molar-refractivity contribution in [2.75, 3.05) is 0 Å². The predicted octanol–water partition coefficient (Wildman–Crippen LogP) is 3.66. The molecule has 0 spiro atoms. The molecule has 1 rings (SSSR count). The molecule has 0 aliphatic rings. The third kappa shape index (κ3) is 3.96. The van der Waals surface area contributed by atoms with E-state index in [9.17, 15) is 0 Å². The van der Waals surface area contributed by atoms with Crippen molar-refractivity contribution < 1.29 is 4.74 Å². The number of hydrogen-bond acceptors (Lipinski definition) is 2. The minimum Gasteiger partial charge on any atom is -0.439 e. The van der Waals surface area contributed by atoms with Crippen LogP contribution in [0.4, 0.5) is 0 Å². The van der Waals surface area contributed by atoms with E-state index in [1.807, 2.05) is 31.2 Å². The van der Waals surface area contributed by atoms with Gasteiger partial charge in [-0.2, -0.15) is 0 Å². The smallest absolute Gasteiger partial charge is 0.219 e. The molecule has 0 aliphatic heterocycles. The molecule has 0 bridgehead atoms. The van der Waals surface area contributed by atoms with Crippen LogP contribution in [-0.4, -0.2) is 6.21 Å². The predicted molar refractivity (Wildman–Crippen MR) is 68.8 cm³/mol. The Labute approximate surface area is 96.3 Å². The van der Waals surface area contributed by atoms with Crippen LogP contribution in [0.25, 0.3) is 0 Å². The minimum absolute atomic E-state index is 0.485. The van der Waals surface area contributed by atoms with E-state index in [1.54, 1.807) is 24.4 Å². The fraction of sp³-hybridized carbons (Fsp3) is 0.0714. The molecule has 0 fully saturated rings. The molecular formula is C14H15NO. The quantitative estimate of drug-likeness (QED) is 0.415. The first-order chi connectivity index (χ1) is 7.76. The van der Waals surface area contributed by atoms with E-state index in [4.69, 9.17) is 4.74 Å². The third-order valence-corrected chi connectivity index (χ3v) is 1.81. The van der Waals surface area contributed by atoms with Gasteiger partial charge >= 0.3 is 0 Å². The van der Waals surface area contributed by atoms with E-state index in [2.05, 4.69) is 18.2 Å². The minimum atomic E-state index is 0.485. The molecular weight excluding hydrogens is 198 g/mol. The number of hydrogen-bond donors (Lipinski definition) is 0. The molecule has 0 radical (unpaired) electrons. The Morgan fingerprint density at radius 3 is 2.44 bits per heavy atom. The number of nitrogens with zero attached hydrogens (tertiary/aromatic N) is 1. The van der Waals surface area contributed by atoms with Crippen LogP contribution in [0.15, 0.2) is 66.5 Å². The molecule has 0 amide bonds.